The van der Waals surface area contributed by atoms with Crippen LogP contribution < -0.4 is 5.73 Å². The summed E-state index contributed by atoms with van der Waals surface area (Å²) in [5.74, 6) is 2.27. The highest BCUT2D eigenvalue weighted by molar-refractivity contribution is 9.10. The highest BCUT2D eigenvalue weighted by Crippen LogP contribution is 2.24. The maximum Gasteiger partial charge on any atom is 0.0285 e. The molecule has 0 amide bonds. The van der Waals surface area contributed by atoms with Crippen molar-refractivity contribution in [2.45, 2.75) is 25.1 Å². The fraction of sp³-hybridized carbons (Fsp3) is 0.556. The van der Waals surface area contributed by atoms with Crippen molar-refractivity contribution in [3.05, 3.63) is 20.8 Å². The number of rotatable bonds is 5. The summed E-state index contributed by atoms with van der Waals surface area (Å²) in [6, 6.07) is 2.52. The Balaban J connectivity index is 2.13. The monoisotopic (exact) mass is 279 g/mol. The molecule has 1 aromatic rings. The van der Waals surface area contributed by atoms with E-state index in [1.165, 1.54) is 9.35 Å². The van der Waals surface area contributed by atoms with Crippen LogP contribution in [0.4, 0.5) is 0 Å². The molecule has 0 aliphatic heterocycles. The third-order valence-corrected chi connectivity index (χ3v) is 4.50. The maximum atomic E-state index is 5.66. The molecule has 1 heterocycles. The summed E-state index contributed by atoms with van der Waals surface area (Å²) in [5, 5.41) is 2.13. The molecule has 0 radical (unpaired) electrons. The van der Waals surface area contributed by atoms with Gasteiger partial charge in [-0.3, -0.25) is 0 Å². The third-order valence-electron chi connectivity index (χ3n) is 1.58. The van der Waals surface area contributed by atoms with Crippen LogP contribution in [0.25, 0.3) is 0 Å². The van der Waals surface area contributed by atoms with E-state index in [0.29, 0.717) is 6.04 Å². The molecule has 1 unspecified atom stereocenters. The average Bonchev–Trinajstić information content (AvgIpc) is 2.45. The van der Waals surface area contributed by atoms with Crippen LogP contribution in [0.1, 0.15) is 18.2 Å². The molecular formula is C9H14BrNS2. The second kappa shape index (κ2) is 6.06. The molecule has 0 saturated heterocycles. The topological polar surface area (TPSA) is 26.0 Å². The summed E-state index contributed by atoms with van der Waals surface area (Å²) in [5.41, 5.74) is 5.66. The van der Waals surface area contributed by atoms with Gasteiger partial charge in [0.05, 0.1) is 0 Å². The van der Waals surface area contributed by atoms with Crippen LogP contribution >= 0.6 is 39.0 Å². The molecule has 0 spiro atoms. The molecule has 0 fully saturated rings. The van der Waals surface area contributed by atoms with Gasteiger partial charge in [0.15, 0.2) is 0 Å². The van der Waals surface area contributed by atoms with Crippen LogP contribution in [0.2, 0.25) is 0 Å². The summed E-state index contributed by atoms with van der Waals surface area (Å²) in [4.78, 5) is 1.43. The Morgan fingerprint density at radius 3 is 3.00 bits per heavy atom. The smallest absolute Gasteiger partial charge is 0.0285 e. The fourth-order valence-electron chi connectivity index (χ4n) is 0.871. The quantitative estimate of drug-likeness (QED) is 0.836. The zero-order chi connectivity index (χ0) is 9.68. The van der Waals surface area contributed by atoms with Crippen LogP contribution in [0.3, 0.4) is 0 Å². The van der Waals surface area contributed by atoms with Gasteiger partial charge < -0.3 is 5.73 Å². The van der Waals surface area contributed by atoms with Gasteiger partial charge in [-0.15, -0.1) is 11.3 Å². The molecule has 1 rings (SSSR count). The summed E-state index contributed by atoms with van der Waals surface area (Å²) in [7, 11) is 0. The largest absolute Gasteiger partial charge is 0.328 e. The Hall–Kier alpha value is 0.490. The minimum atomic E-state index is 0.336. The van der Waals surface area contributed by atoms with E-state index >= 15 is 0 Å². The van der Waals surface area contributed by atoms with Crippen LogP contribution in [0, 0.1) is 0 Å². The van der Waals surface area contributed by atoms with E-state index in [1.807, 2.05) is 23.1 Å². The zero-order valence-electron chi connectivity index (χ0n) is 7.63. The Bertz CT molecular complexity index is 248. The first-order chi connectivity index (χ1) is 6.18. The Labute approximate surface area is 96.2 Å². The molecule has 0 bridgehead atoms. The van der Waals surface area contributed by atoms with Crippen molar-refractivity contribution in [2.75, 3.05) is 5.75 Å². The number of halogens is 1. The normalized spacial score (nSPS) is 13.2. The molecule has 74 valence electrons. The lowest BCUT2D eigenvalue weighted by Crippen LogP contribution is -2.15. The SMILES string of the molecule is CC(N)CCSCc1cc(Br)cs1. The van der Waals surface area contributed by atoms with E-state index < -0.39 is 0 Å². The molecule has 0 aromatic carbocycles. The molecule has 1 nitrogen and oxygen atoms in total. The molecule has 13 heavy (non-hydrogen) atoms. The van der Waals surface area contributed by atoms with Crippen molar-refractivity contribution in [2.24, 2.45) is 5.73 Å². The molecule has 0 aliphatic carbocycles. The predicted molar refractivity (Wildman–Crippen MR) is 66.4 cm³/mol. The van der Waals surface area contributed by atoms with Crippen LogP contribution in [0.5, 0.6) is 0 Å². The second-order valence-electron chi connectivity index (χ2n) is 3.05. The van der Waals surface area contributed by atoms with Crippen molar-refractivity contribution in [3.8, 4) is 0 Å². The maximum absolute atomic E-state index is 5.66. The lowest BCUT2D eigenvalue weighted by Gasteiger charge is -2.02. The molecule has 1 atom stereocenters. The van der Waals surface area contributed by atoms with E-state index in [2.05, 4.69) is 34.3 Å². The van der Waals surface area contributed by atoms with Gasteiger partial charge in [-0.25, -0.2) is 0 Å². The second-order valence-corrected chi connectivity index (χ2v) is 6.07. The predicted octanol–water partition coefficient (Wildman–Crippen LogP) is 3.48. The van der Waals surface area contributed by atoms with Crippen molar-refractivity contribution in [1.29, 1.82) is 0 Å². The number of hydrogen-bond donors (Lipinski definition) is 1. The Kier molecular flexibility index (Phi) is 5.39. The highest BCUT2D eigenvalue weighted by atomic mass is 79.9. The van der Waals surface area contributed by atoms with Gasteiger partial charge in [-0.05, 0) is 41.1 Å². The number of thioether (sulfide) groups is 1. The Morgan fingerprint density at radius 1 is 1.69 bits per heavy atom. The standard InChI is InChI=1S/C9H14BrNS2/c1-7(11)2-3-12-6-9-4-8(10)5-13-9/h4-5,7H,2-3,6,11H2,1H3. The summed E-state index contributed by atoms with van der Waals surface area (Å²) in [6.45, 7) is 2.06. The van der Waals surface area contributed by atoms with E-state index in [4.69, 9.17) is 5.73 Å². The summed E-state index contributed by atoms with van der Waals surface area (Å²) >= 11 is 7.21. The van der Waals surface area contributed by atoms with Crippen LogP contribution in [-0.4, -0.2) is 11.8 Å². The summed E-state index contributed by atoms with van der Waals surface area (Å²) < 4.78 is 1.19. The van der Waals surface area contributed by atoms with Gasteiger partial charge in [0.25, 0.3) is 0 Å². The lowest BCUT2D eigenvalue weighted by molar-refractivity contribution is 0.721. The van der Waals surface area contributed by atoms with Crippen molar-refractivity contribution >= 4 is 39.0 Å². The van der Waals surface area contributed by atoms with Crippen molar-refractivity contribution in [1.82, 2.24) is 0 Å². The minimum Gasteiger partial charge on any atom is -0.328 e. The first-order valence-corrected chi connectivity index (χ1v) is 7.07. The van der Waals surface area contributed by atoms with Crippen molar-refractivity contribution in [3.63, 3.8) is 0 Å². The molecule has 2 N–H and O–H groups in total. The van der Waals surface area contributed by atoms with Gasteiger partial charge >= 0.3 is 0 Å². The molecule has 1 aromatic heterocycles. The lowest BCUT2D eigenvalue weighted by atomic mass is 10.3. The fourth-order valence-corrected chi connectivity index (χ4v) is 3.60. The van der Waals surface area contributed by atoms with Crippen LogP contribution in [0.15, 0.2) is 15.9 Å². The van der Waals surface area contributed by atoms with E-state index in [9.17, 15) is 0 Å². The van der Waals surface area contributed by atoms with Crippen LogP contribution in [-0.2, 0) is 5.75 Å². The number of nitrogens with two attached hydrogens (primary N) is 1. The van der Waals surface area contributed by atoms with E-state index in [-0.39, 0.29) is 0 Å². The third kappa shape index (κ3) is 5.05. The zero-order valence-corrected chi connectivity index (χ0v) is 10.8. The minimum absolute atomic E-state index is 0.336. The van der Waals surface area contributed by atoms with Gasteiger partial charge in [-0.2, -0.15) is 11.8 Å². The van der Waals surface area contributed by atoms with E-state index in [0.717, 1.165) is 17.9 Å². The highest BCUT2D eigenvalue weighted by Gasteiger charge is 1.98. The molecule has 4 heteroatoms. The first kappa shape index (κ1) is 11.6. The summed E-state index contributed by atoms with van der Waals surface area (Å²) in [6.07, 6.45) is 1.11. The molecule has 0 saturated carbocycles. The van der Waals surface area contributed by atoms with E-state index in [1.54, 1.807) is 0 Å². The van der Waals surface area contributed by atoms with Gasteiger partial charge in [0.2, 0.25) is 0 Å². The Morgan fingerprint density at radius 2 is 2.46 bits per heavy atom. The van der Waals surface area contributed by atoms with Crippen molar-refractivity contribution < 1.29 is 0 Å². The molecule has 0 aliphatic rings. The van der Waals surface area contributed by atoms with Gasteiger partial charge in [0, 0.05) is 26.5 Å². The first-order valence-electron chi connectivity index (χ1n) is 4.24. The number of hydrogen-bond acceptors (Lipinski definition) is 3. The van der Waals surface area contributed by atoms with Gasteiger partial charge in [0.1, 0.15) is 0 Å². The number of thiophene rings is 1. The average molecular weight is 280 g/mol. The van der Waals surface area contributed by atoms with Gasteiger partial charge in [-0.1, -0.05) is 0 Å². The molecular weight excluding hydrogens is 266 g/mol.